The molecule has 0 aliphatic rings. The molecular formula is C21H31O3PSi. The lowest BCUT2D eigenvalue weighted by molar-refractivity contribution is 0.0645. The first-order valence-electron chi connectivity index (χ1n) is 9.46. The minimum Gasteiger partial charge on any atom is -0.374 e. The van der Waals surface area contributed by atoms with E-state index in [9.17, 15) is 0 Å². The van der Waals surface area contributed by atoms with Crippen molar-refractivity contribution >= 4 is 27.3 Å². The van der Waals surface area contributed by atoms with E-state index in [1.807, 2.05) is 20.8 Å². The SMILES string of the molecule is CCO[Si](OCC)(OCC)C(C)CP(c1ccccc1)c1ccccc1. The average Bonchev–Trinajstić information content (AvgIpc) is 2.68. The Balaban J connectivity index is 2.33. The average molecular weight is 391 g/mol. The maximum absolute atomic E-state index is 6.15. The van der Waals surface area contributed by atoms with Crippen LogP contribution in [0, 0.1) is 0 Å². The molecule has 2 rings (SSSR count). The molecule has 0 aliphatic carbocycles. The Hall–Kier alpha value is -1.03. The monoisotopic (exact) mass is 390 g/mol. The standard InChI is InChI=1S/C21H31O3PSi/c1-5-22-26(23-6-2,24-7-3)19(4)18-25(20-14-10-8-11-15-20)21-16-12-9-13-17-21/h8-17,19H,5-7,18H2,1-4H3. The summed E-state index contributed by atoms with van der Waals surface area (Å²) in [4.78, 5) is 0. The Bertz CT molecular complexity index is 567. The number of rotatable bonds is 11. The van der Waals surface area contributed by atoms with Crippen molar-refractivity contribution in [1.29, 1.82) is 0 Å². The quantitative estimate of drug-likeness (QED) is 0.416. The highest BCUT2D eigenvalue weighted by Gasteiger charge is 2.47. The fraction of sp³-hybridized carbons (Fsp3) is 0.429. The third-order valence-corrected chi connectivity index (χ3v) is 10.8. The zero-order valence-corrected chi connectivity index (χ0v) is 18.2. The van der Waals surface area contributed by atoms with Gasteiger partial charge in [-0.3, -0.25) is 0 Å². The molecule has 0 amide bonds. The van der Waals surface area contributed by atoms with Crippen LogP contribution >= 0.6 is 7.92 Å². The summed E-state index contributed by atoms with van der Waals surface area (Å²) in [6, 6.07) is 21.6. The van der Waals surface area contributed by atoms with E-state index in [4.69, 9.17) is 13.3 Å². The summed E-state index contributed by atoms with van der Waals surface area (Å²) in [7, 11) is -3.20. The van der Waals surface area contributed by atoms with Gasteiger partial charge in [0.25, 0.3) is 0 Å². The second kappa shape index (κ2) is 11.0. The first-order valence-corrected chi connectivity index (χ1v) is 12.8. The molecule has 0 aromatic heterocycles. The predicted molar refractivity (Wildman–Crippen MR) is 114 cm³/mol. The van der Waals surface area contributed by atoms with Crippen LogP contribution in [0.4, 0.5) is 0 Å². The maximum atomic E-state index is 6.15. The summed E-state index contributed by atoms with van der Waals surface area (Å²) < 4.78 is 18.4. The van der Waals surface area contributed by atoms with Gasteiger partial charge in [-0.15, -0.1) is 0 Å². The van der Waals surface area contributed by atoms with Gasteiger partial charge in [-0.1, -0.05) is 67.6 Å². The molecule has 2 aromatic carbocycles. The molecule has 142 valence electrons. The summed E-state index contributed by atoms with van der Waals surface area (Å²) in [5, 5.41) is 2.76. The van der Waals surface area contributed by atoms with Crippen molar-refractivity contribution in [2.75, 3.05) is 26.0 Å². The number of benzene rings is 2. The van der Waals surface area contributed by atoms with Crippen molar-refractivity contribution in [3.05, 3.63) is 60.7 Å². The van der Waals surface area contributed by atoms with E-state index < -0.39 is 16.7 Å². The zero-order chi connectivity index (χ0) is 18.8. The molecule has 0 saturated carbocycles. The van der Waals surface area contributed by atoms with Crippen molar-refractivity contribution in [2.24, 2.45) is 0 Å². The summed E-state index contributed by atoms with van der Waals surface area (Å²) in [6.07, 6.45) is 0.996. The third kappa shape index (κ3) is 5.48. The summed E-state index contributed by atoms with van der Waals surface area (Å²) >= 11 is 0. The largest absolute Gasteiger partial charge is 0.504 e. The van der Waals surface area contributed by atoms with Crippen molar-refractivity contribution < 1.29 is 13.3 Å². The van der Waals surface area contributed by atoms with Gasteiger partial charge in [0.2, 0.25) is 0 Å². The van der Waals surface area contributed by atoms with Crippen LogP contribution in [0.1, 0.15) is 27.7 Å². The Morgan fingerprint density at radius 1 is 0.731 bits per heavy atom. The van der Waals surface area contributed by atoms with Crippen LogP contribution < -0.4 is 10.6 Å². The Kier molecular flexibility index (Phi) is 8.96. The molecule has 0 saturated heterocycles. The van der Waals surface area contributed by atoms with Crippen LogP contribution in [-0.2, 0) is 13.3 Å². The Morgan fingerprint density at radius 3 is 1.46 bits per heavy atom. The predicted octanol–water partition coefficient (Wildman–Crippen LogP) is 4.56. The maximum Gasteiger partial charge on any atom is 0.504 e. The van der Waals surface area contributed by atoms with E-state index in [2.05, 4.69) is 67.6 Å². The van der Waals surface area contributed by atoms with E-state index in [-0.39, 0.29) is 5.54 Å². The zero-order valence-electron chi connectivity index (χ0n) is 16.4. The molecule has 0 N–H and O–H groups in total. The lowest BCUT2D eigenvalue weighted by Crippen LogP contribution is -2.50. The minimum atomic E-state index is -2.71. The van der Waals surface area contributed by atoms with Gasteiger partial charge in [0.05, 0.1) is 0 Å². The normalized spacial score (nSPS) is 13.1. The highest BCUT2D eigenvalue weighted by molar-refractivity contribution is 7.73. The van der Waals surface area contributed by atoms with Crippen molar-refractivity contribution in [3.63, 3.8) is 0 Å². The molecule has 1 unspecified atom stereocenters. The molecule has 2 aromatic rings. The lowest BCUT2D eigenvalue weighted by Gasteiger charge is -2.35. The smallest absolute Gasteiger partial charge is 0.374 e. The molecule has 3 nitrogen and oxygen atoms in total. The molecule has 0 heterocycles. The Morgan fingerprint density at radius 2 is 1.12 bits per heavy atom. The first kappa shape index (κ1) is 21.3. The van der Waals surface area contributed by atoms with Gasteiger partial charge in [0, 0.05) is 25.4 Å². The second-order valence-corrected chi connectivity index (χ2v) is 11.4. The van der Waals surface area contributed by atoms with Gasteiger partial charge in [-0.25, -0.2) is 0 Å². The van der Waals surface area contributed by atoms with E-state index in [0.29, 0.717) is 19.8 Å². The number of hydrogen-bond acceptors (Lipinski definition) is 3. The highest BCUT2D eigenvalue weighted by Crippen LogP contribution is 2.41. The van der Waals surface area contributed by atoms with Crippen LogP contribution in [0.3, 0.4) is 0 Å². The molecule has 1 atom stereocenters. The van der Waals surface area contributed by atoms with Crippen LogP contribution in [0.2, 0.25) is 5.54 Å². The first-order chi connectivity index (χ1) is 12.7. The van der Waals surface area contributed by atoms with Crippen molar-refractivity contribution in [2.45, 2.75) is 33.2 Å². The second-order valence-electron chi connectivity index (χ2n) is 6.09. The molecule has 5 heteroatoms. The summed E-state index contributed by atoms with van der Waals surface area (Å²) in [5.74, 6) is 0. The topological polar surface area (TPSA) is 27.7 Å². The third-order valence-electron chi connectivity index (χ3n) is 4.23. The van der Waals surface area contributed by atoms with Gasteiger partial charge in [0.1, 0.15) is 0 Å². The van der Waals surface area contributed by atoms with Crippen molar-refractivity contribution in [1.82, 2.24) is 0 Å². The van der Waals surface area contributed by atoms with Crippen LogP contribution in [0.15, 0.2) is 60.7 Å². The molecule has 0 bridgehead atoms. The van der Waals surface area contributed by atoms with Crippen LogP contribution in [-0.4, -0.2) is 34.8 Å². The van der Waals surface area contributed by atoms with E-state index in [0.717, 1.165) is 6.16 Å². The Labute approximate surface area is 160 Å². The van der Waals surface area contributed by atoms with Crippen LogP contribution in [0.25, 0.3) is 0 Å². The minimum absolute atomic E-state index is 0.230. The van der Waals surface area contributed by atoms with Crippen LogP contribution in [0.5, 0.6) is 0 Å². The molecule has 26 heavy (non-hydrogen) atoms. The fourth-order valence-corrected chi connectivity index (χ4v) is 9.20. The van der Waals surface area contributed by atoms with E-state index >= 15 is 0 Å². The molecular weight excluding hydrogens is 359 g/mol. The molecule has 0 radical (unpaired) electrons. The summed E-state index contributed by atoms with van der Waals surface area (Å²) in [6.45, 7) is 10.1. The van der Waals surface area contributed by atoms with E-state index in [1.165, 1.54) is 10.6 Å². The highest BCUT2D eigenvalue weighted by atomic mass is 31.1. The molecule has 0 fully saturated rings. The lowest BCUT2D eigenvalue weighted by atomic mass is 10.4. The van der Waals surface area contributed by atoms with Gasteiger partial charge >= 0.3 is 8.80 Å². The van der Waals surface area contributed by atoms with E-state index in [1.54, 1.807) is 0 Å². The molecule has 0 spiro atoms. The van der Waals surface area contributed by atoms with Gasteiger partial charge in [-0.05, 0) is 45.5 Å². The molecule has 0 aliphatic heterocycles. The van der Waals surface area contributed by atoms with Gasteiger partial charge < -0.3 is 13.3 Å². The van der Waals surface area contributed by atoms with Crippen molar-refractivity contribution in [3.8, 4) is 0 Å². The van der Waals surface area contributed by atoms with Gasteiger partial charge in [-0.2, -0.15) is 0 Å². The fourth-order valence-electron chi connectivity index (χ4n) is 3.12. The van der Waals surface area contributed by atoms with Gasteiger partial charge in [0.15, 0.2) is 0 Å². The summed E-state index contributed by atoms with van der Waals surface area (Å²) in [5.41, 5.74) is 0.230. The number of hydrogen-bond donors (Lipinski definition) is 0.